The summed E-state index contributed by atoms with van der Waals surface area (Å²) in [4.78, 5) is 12.7. The Bertz CT molecular complexity index is 3190. The van der Waals surface area contributed by atoms with E-state index in [0.717, 1.165) is 83.1 Å². The maximum Gasteiger partial charge on any atom is 0.180 e. The van der Waals surface area contributed by atoms with E-state index in [9.17, 15) is 0 Å². The molecule has 11 rings (SSSR count). The molecule has 0 aliphatic heterocycles. The van der Waals surface area contributed by atoms with Gasteiger partial charge in [0.05, 0.1) is 11.3 Å². The van der Waals surface area contributed by atoms with Crippen molar-refractivity contribution < 1.29 is 8.83 Å². The summed E-state index contributed by atoms with van der Waals surface area (Å²) in [6.45, 7) is 0. The summed E-state index contributed by atoms with van der Waals surface area (Å²) < 4.78 is 13.4. The quantitative estimate of drug-likeness (QED) is 0.172. The molecule has 11 aromatic rings. The van der Waals surface area contributed by atoms with Crippen LogP contribution in [-0.2, 0) is 0 Å². The maximum atomic E-state index is 6.97. The Morgan fingerprint density at radius 2 is 0.964 bits per heavy atom. The number of hydrogen-bond acceptors (Lipinski definition) is 5. The van der Waals surface area contributed by atoms with E-state index in [-0.39, 0.29) is 0 Å². The molecule has 3 aromatic heterocycles. The molecule has 0 atom stereocenters. The zero-order valence-electron chi connectivity index (χ0n) is 29.6. The van der Waals surface area contributed by atoms with Gasteiger partial charge in [0, 0.05) is 43.9 Å². The number of fused-ring (bicyclic) bond motifs is 8. The summed E-state index contributed by atoms with van der Waals surface area (Å²) in [6, 6.07) is 65.1. The van der Waals surface area contributed by atoms with Gasteiger partial charge in [0.25, 0.3) is 0 Å². The molecule has 0 saturated carbocycles. The van der Waals surface area contributed by atoms with E-state index >= 15 is 0 Å². The molecule has 0 aliphatic carbocycles. The van der Waals surface area contributed by atoms with Gasteiger partial charge in [0.2, 0.25) is 0 Å². The van der Waals surface area contributed by atoms with Crippen molar-refractivity contribution in [3.63, 3.8) is 0 Å². The van der Waals surface area contributed by atoms with Gasteiger partial charge in [-0.05, 0) is 59.7 Å². The number of benzene rings is 8. The lowest BCUT2D eigenvalue weighted by Crippen LogP contribution is -2.10. The topological polar surface area (TPSA) is 55.3 Å². The second-order valence-electron chi connectivity index (χ2n) is 13.7. The number of hydrogen-bond donors (Lipinski definition) is 0. The van der Waals surface area contributed by atoms with Crippen LogP contribution in [0.5, 0.6) is 0 Å². The zero-order chi connectivity index (χ0) is 36.3. The van der Waals surface area contributed by atoms with Gasteiger partial charge in [-0.1, -0.05) is 140 Å². The Labute approximate surface area is 316 Å². The molecular weight excluding hydrogens is 675 g/mol. The van der Waals surface area contributed by atoms with Crippen molar-refractivity contribution in [3.05, 3.63) is 188 Å². The highest BCUT2D eigenvalue weighted by atomic mass is 16.3. The van der Waals surface area contributed by atoms with Crippen molar-refractivity contribution in [2.24, 2.45) is 0 Å². The minimum Gasteiger partial charge on any atom is -0.455 e. The summed E-state index contributed by atoms with van der Waals surface area (Å²) in [6.07, 6.45) is 0. The van der Waals surface area contributed by atoms with Gasteiger partial charge in [0.15, 0.2) is 11.4 Å². The van der Waals surface area contributed by atoms with Crippen LogP contribution in [0.25, 0.3) is 88.6 Å². The molecule has 3 heterocycles. The maximum absolute atomic E-state index is 6.97. The van der Waals surface area contributed by atoms with Crippen LogP contribution in [0.2, 0.25) is 0 Å². The Morgan fingerprint density at radius 3 is 1.73 bits per heavy atom. The molecule has 0 bridgehead atoms. The van der Waals surface area contributed by atoms with Gasteiger partial charge in [0.1, 0.15) is 28.0 Å². The second-order valence-corrected chi connectivity index (χ2v) is 13.7. The van der Waals surface area contributed by atoms with Crippen molar-refractivity contribution in [1.82, 2.24) is 9.97 Å². The van der Waals surface area contributed by atoms with Crippen molar-refractivity contribution in [3.8, 4) is 33.8 Å². The molecule has 5 heteroatoms. The first kappa shape index (κ1) is 31.1. The average molecular weight is 706 g/mol. The van der Waals surface area contributed by atoms with Crippen LogP contribution in [0.3, 0.4) is 0 Å². The second kappa shape index (κ2) is 12.6. The average Bonchev–Trinajstić information content (AvgIpc) is 3.84. The summed E-state index contributed by atoms with van der Waals surface area (Å²) in [7, 11) is 0. The Kier molecular flexibility index (Phi) is 7.10. The third-order valence-corrected chi connectivity index (χ3v) is 10.5. The third-order valence-electron chi connectivity index (χ3n) is 10.5. The number of nitrogens with zero attached hydrogens (tertiary/aromatic N) is 3. The van der Waals surface area contributed by atoms with Gasteiger partial charge in [-0.3, -0.25) is 0 Å². The molecule has 0 fully saturated rings. The number of para-hydroxylation sites is 3. The predicted molar refractivity (Wildman–Crippen MR) is 225 cm³/mol. The summed E-state index contributed by atoms with van der Waals surface area (Å²) in [5, 5.41) is 5.07. The first-order valence-electron chi connectivity index (χ1n) is 18.4. The molecule has 55 heavy (non-hydrogen) atoms. The van der Waals surface area contributed by atoms with Gasteiger partial charge in [-0.25, -0.2) is 9.97 Å². The monoisotopic (exact) mass is 705 g/mol. The highest BCUT2D eigenvalue weighted by molar-refractivity contribution is 6.21. The minimum atomic E-state index is 0.580. The lowest BCUT2D eigenvalue weighted by atomic mass is 10.0. The molecule has 8 aromatic carbocycles. The highest BCUT2D eigenvalue weighted by Gasteiger charge is 2.24. The van der Waals surface area contributed by atoms with E-state index < -0.39 is 0 Å². The van der Waals surface area contributed by atoms with Crippen molar-refractivity contribution in [2.45, 2.75) is 0 Å². The lowest BCUT2D eigenvalue weighted by Gasteiger charge is -2.27. The Morgan fingerprint density at radius 1 is 0.382 bits per heavy atom. The van der Waals surface area contributed by atoms with Crippen LogP contribution < -0.4 is 4.90 Å². The number of anilines is 3. The molecule has 5 nitrogen and oxygen atoms in total. The number of rotatable bonds is 6. The Balaban J connectivity index is 1.15. The SMILES string of the molecule is c1ccc(-c2ccc(N(c3ccccc3)c3cc4c5cccc(-c6nc(-c7ccccc7)c7oc8ccccc8c7n6)c5oc4c4ccccc34)cc2)cc1. The standard InChI is InChI=1S/C50H31N3O2/c1-4-15-32(16-5-1)33-27-29-36(30-28-33)53(35-19-8-3-9-20-35)43-31-42-39-24-14-25-41(47(39)55-48(42)38-22-11-10-21-37(38)43)50-51-45(34-17-6-2-7-18-34)49-46(52-50)40-23-12-13-26-44(40)54-49/h1-31H. The normalized spacial score (nSPS) is 11.6. The summed E-state index contributed by atoms with van der Waals surface area (Å²) in [5.74, 6) is 0.580. The van der Waals surface area contributed by atoms with Crippen LogP contribution in [0.1, 0.15) is 0 Å². The van der Waals surface area contributed by atoms with Crippen LogP contribution in [0, 0.1) is 0 Å². The Hall–Kier alpha value is -7.50. The molecule has 0 N–H and O–H groups in total. The molecule has 0 radical (unpaired) electrons. The van der Waals surface area contributed by atoms with Gasteiger partial charge in [-0.15, -0.1) is 0 Å². The fourth-order valence-electron chi connectivity index (χ4n) is 7.90. The van der Waals surface area contributed by atoms with E-state index in [1.54, 1.807) is 0 Å². The predicted octanol–water partition coefficient (Wildman–Crippen LogP) is 13.9. The molecule has 0 spiro atoms. The van der Waals surface area contributed by atoms with E-state index in [0.29, 0.717) is 11.4 Å². The number of aromatic nitrogens is 2. The minimum absolute atomic E-state index is 0.580. The molecule has 0 aliphatic rings. The fourth-order valence-corrected chi connectivity index (χ4v) is 7.90. The summed E-state index contributed by atoms with van der Waals surface area (Å²) in [5.41, 5.74) is 11.9. The first-order chi connectivity index (χ1) is 27.3. The van der Waals surface area contributed by atoms with Gasteiger partial charge >= 0.3 is 0 Å². The van der Waals surface area contributed by atoms with E-state index in [1.165, 1.54) is 11.1 Å². The smallest absolute Gasteiger partial charge is 0.180 e. The van der Waals surface area contributed by atoms with E-state index in [4.69, 9.17) is 18.8 Å². The highest BCUT2D eigenvalue weighted by Crippen LogP contribution is 2.46. The van der Waals surface area contributed by atoms with Crippen LogP contribution in [-0.4, -0.2) is 9.97 Å². The first-order valence-corrected chi connectivity index (χ1v) is 18.4. The van der Waals surface area contributed by atoms with Crippen LogP contribution in [0.15, 0.2) is 197 Å². The number of furan rings is 2. The van der Waals surface area contributed by atoms with Crippen molar-refractivity contribution >= 4 is 71.8 Å². The van der Waals surface area contributed by atoms with E-state index in [1.807, 2.05) is 42.5 Å². The fraction of sp³-hybridized carbons (Fsp3) is 0. The zero-order valence-corrected chi connectivity index (χ0v) is 29.6. The largest absolute Gasteiger partial charge is 0.455 e. The van der Waals surface area contributed by atoms with Crippen LogP contribution in [0.4, 0.5) is 17.1 Å². The molecule has 258 valence electrons. The molecule has 0 unspecified atom stereocenters. The van der Waals surface area contributed by atoms with Gasteiger partial charge < -0.3 is 13.7 Å². The van der Waals surface area contributed by atoms with Gasteiger partial charge in [-0.2, -0.15) is 0 Å². The van der Waals surface area contributed by atoms with Crippen molar-refractivity contribution in [2.75, 3.05) is 4.90 Å². The lowest BCUT2D eigenvalue weighted by molar-refractivity contribution is 0.666. The third kappa shape index (κ3) is 5.09. The molecule has 0 saturated heterocycles. The van der Waals surface area contributed by atoms with Crippen LogP contribution >= 0.6 is 0 Å². The molecular formula is C50H31N3O2. The van der Waals surface area contributed by atoms with E-state index in [2.05, 4.69) is 150 Å². The molecule has 0 amide bonds. The van der Waals surface area contributed by atoms with Crippen molar-refractivity contribution in [1.29, 1.82) is 0 Å². The summed E-state index contributed by atoms with van der Waals surface area (Å²) >= 11 is 0.